The van der Waals surface area contributed by atoms with Crippen LogP contribution >= 0.6 is 11.3 Å². The lowest BCUT2D eigenvalue weighted by atomic mass is 9.95. The fraction of sp³-hybridized carbons (Fsp3) is 0.714. The molecule has 1 aromatic heterocycles. The standard InChI is InChI=1S/C14H22N2S/c1-14(2)10-15-7-8-16(14)13(11-5-6-11)12-4-3-9-17-12/h3-4,9,11,13,15H,5-8,10H2,1-2H3. The number of rotatable bonds is 3. The van der Waals surface area contributed by atoms with Crippen LogP contribution in [0, 0.1) is 5.92 Å². The van der Waals surface area contributed by atoms with E-state index in [-0.39, 0.29) is 5.54 Å². The van der Waals surface area contributed by atoms with E-state index < -0.39 is 0 Å². The Morgan fingerprint density at radius 2 is 2.29 bits per heavy atom. The van der Waals surface area contributed by atoms with Gasteiger partial charge in [0.05, 0.1) is 0 Å². The molecule has 0 aromatic carbocycles. The Labute approximate surface area is 108 Å². The van der Waals surface area contributed by atoms with Gasteiger partial charge >= 0.3 is 0 Å². The summed E-state index contributed by atoms with van der Waals surface area (Å²) in [5, 5.41) is 5.75. The second-order valence-electron chi connectivity index (χ2n) is 5.98. The second kappa shape index (κ2) is 4.38. The molecule has 0 bridgehead atoms. The van der Waals surface area contributed by atoms with Crippen LogP contribution in [0.3, 0.4) is 0 Å². The lowest BCUT2D eigenvalue weighted by Gasteiger charge is -2.47. The maximum atomic E-state index is 3.53. The van der Waals surface area contributed by atoms with Crippen molar-refractivity contribution in [1.29, 1.82) is 0 Å². The van der Waals surface area contributed by atoms with Gasteiger partial charge in [-0.1, -0.05) is 6.07 Å². The molecule has 1 saturated heterocycles. The van der Waals surface area contributed by atoms with Crippen molar-refractivity contribution in [3.8, 4) is 0 Å². The monoisotopic (exact) mass is 250 g/mol. The Balaban J connectivity index is 1.88. The summed E-state index contributed by atoms with van der Waals surface area (Å²) in [4.78, 5) is 4.31. The molecule has 1 aliphatic heterocycles. The largest absolute Gasteiger partial charge is 0.314 e. The third-order valence-electron chi connectivity index (χ3n) is 4.10. The van der Waals surface area contributed by atoms with Gasteiger partial charge in [0.25, 0.3) is 0 Å². The first-order valence-corrected chi connectivity index (χ1v) is 7.57. The number of thiophene rings is 1. The minimum absolute atomic E-state index is 0.287. The lowest BCUT2D eigenvalue weighted by Crippen LogP contribution is -2.59. The molecule has 17 heavy (non-hydrogen) atoms. The molecule has 1 aromatic rings. The molecule has 2 heterocycles. The molecule has 3 rings (SSSR count). The van der Waals surface area contributed by atoms with E-state index in [4.69, 9.17) is 0 Å². The fourth-order valence-electron chi connectivity index (χ4n) is 3.03. The van der Waals surface area contributed by atoms with Crippen LogP contribution in [0.25, 0.3) is 0 Å². The van der Waals surface area contributed by atoms with Crippen LogP contribution in [-0.4, -0.2) is 30.1 Å². The normalized spacial score (nSPS) is 26.9. The van der Waals surface area contributed by atoms with Gasteiger partial charge in [0.1, 0.15) is 0 Å². The molecule has 3 heteroatoms. The molecule has 2 fully saturated rings. The molecular formula is C14H22N2S. The number of nitrogens with zero attached hydrogens (tertiary/aromatic N) is 1. The summed E-state index contributed by atoms with van der Waals surface area (Å²) < 4.78 is 0. The van der Waals surface area contributed by atoms with E-state index >= 15 is 0 Å². The summed E-state index contributed by atoms with van der Waals surface area (Å²) in [5.74, 6) is 0.908. The van der Waals surface area contributed by atoms with Crippen LogP contribution in [0.2, 0.25) is 0 Å². The Hall–Kier alpha value is -0.380. The molecule has 94 valence electrons. The van der Waals surface area contributed by atoms with Crippen LogP contribution in [0.5, 0.6) is 0 Å². The Morgan fingerprint density at radius 1 is 1.47 bits per heavy atom. The Morgan fingerprint density at radius 3 is 2.88 bits per heavy atom. The van der Waals surface area contributed by atoms with Gasteiger partial charge in [-0.3, -0.25) is 4.90 Å². The molecule has 1 aliphatic carbocycles. The molecular weight excluding hydrogens is 228 g/mol. The molecule has 2 nitrogen and oxygen atoms in total. The van der Waals surface area contributed by atoms with Crippen LogP contribution in [0.4, 0.5) is 0 Å². The molecule has 1 unspecified atom stereocenters. The average Bonchev–Trinajstić information content (AvgIpc) is 2.96. The highest BCUT2D eigenvalue weighted by molar-refractivity contribution is 7.10. The quantitative estimate of drug-likeness (QED) is 0.887. The first-order valence-electron chi connectivity index (χ1n) is 6.69. The zero-order valence-electron chi connectivity index (χ0n) is 10.8. The zero-order chi connectivity index (χ0) is 11.9. The third kappa shape index (κ3) is 2.28. The van der Waals surface area contributed by atoms with E-state index in [1.807, 2.05) is 11.3 Å². The predicted octanol–water partition coefficient (Wildman–Crippen LogP) is 2.88. The third-order valence-corrected chi connectivity index (χ3v) is 5.05. The summed E-state index contributed by atoms with van der Waals surface area (Å²) in [6, 6.07) is 5.20. The van der Waals surface area contributed by atoms with E-state index in [2.05, 4.69) is 41.6 Å². The van der Waals surface area contributed by atoms with Crippen LogP contribution in [0.15, 0.2) is 17.5 Å². The number of hydrogen-bond acceptors (Lipinski definition) is 3. The van der Waals surface area contributed by atoms with Crippen molar-refractivity contribution >= 4 is 11.3 Å². The zero-order valence-corrected chi connectivity index (χ0v) is 11.6. The van der Waals surface area contributed by atoms with Crippen molar-refractivity contribution in [2.45, 2.75) is 38.3 Å². The van der Waals surface area contributed by atoms with E-state index in [0.717, 1.165) is 19.0 Å². The van der Waals surface area contributed by atoms with Crippen LogP contribution < -0.4 is 5.32 Å². The summed E-state index contributed by atoms with van der Waals surface area (Å²) in [5.41, 5.74) is 0.287. The van der Waals surface area contributed by atoms with Gasteiger partial charge in [-0.2, -0.15) is 0 Å². The summed E-state index contributed by atoms with van der Waals surface area (Å²) in [6.45, 7) is 8.19. The van der Waals surface area contributed by atoms with Gasteiger partial charge in [0.15, 0.2) is 0 Å². The summed E-state index contributed by atoms with van der Waals surface area (Å²) in [6.07, 6.45) is 2.84. The highest BCUT2D eigenvalue weighted by Gasteiger charge is 2.43. The lowest BCUT2D eigenvalue weighted by molar-refractivity contribution is 0.0357. The van der Waals surface area contributed by atoms with Gasteiger partial charge in [-0.05, 0) is 44.1 Å². The van der Waals surface area contributed by atoms with Crippen LogP contribution in [-0.2, 0) is 0 Å². The van der Waals surface area contributed by atoms with Crippen molar-refractivity contribution in [1.82, 2.24) is 10.2 Å². The fourth-order valence-corrected chi connectivity index (χ4v) is 3.96. The van der Waals surface area contributed by atoms with Gasteiger partial charge < -0.3 is 5.32 Å². The SMILES string of the molecule is CC1(C)CNCCN1C(c1cccs1)C1CC1. The number of piperazine rings is 1. The minimum Gasteiger partial charge on any atom is -0.314 e. The van der Waals surface area contributed by atoms with E-state index in [9.17, 15) is 0 Å². The molecule has 0 spiro atoms. The van der Waals surface area contributed by atoms with Crippen LogP contribution in [0.1, 0.15) is 37.6 Å². The average molecular weight is 250 g/mol. The summed E-state index contributed by atoms with van der Waals surface area (Å²) >= 11 is 1.93. The number of hydrogen-bond donors (Lipinski definition) is 1. The number of nitrogens with one attached hydrogen (secondary N) is 1. The van der Waals surface area contributed by atoms with Gasteiger partial charge in [0, 0.05) is 36.1 Å². The molecule has 1 atom stereocenters. The Kier molecular flexibility index (Phi) is 3.01. The topological polar surface area (TPSA) is 15.3 Å². The van der Waals surface area contributed by atoms with Crippen molar-refractivity contribution < 1.29 is 0 Å². The van der Waals surface area contributed by atoms with E-state index in [1.54, 1.807) is 4.88 Å². The van der Waals surface area contributed by atoms with Gasteiger partial charge in [-0.15, -0.1) is 11.3 Å². The molecule has 1 saturated carbocycles. The van der Waals surface area contributed by atoms with Gasteiger partial charge in [0.2, 0.25) is 0 Å². The van der Waals surface area contributed by atoms with Crippen molar-refractivity contribution in [3.63, 3.8) is 0 Å². The van der Waals surface area contributed by atoms with Gasteiger partial charge in [-0.25, -0.2) is 0 Å². The summed E-state index contributed by atoms with van der Waals surface area (Å²) in [7, 11) is 0. The van der Waals surface area contributed by atoms with E-state index in [0.29, 0.717) is 6.04 Å². The first kappa shape index (κ1) is 11.7. The predicted molar refractivity (Wildman–Crippen MR) is 73.4 cm³/mol. The van der Waals surface area contributed by atoms with Crippen molar-refractivity contribution in [3.05, 3.63) is 22.4 Å². The maximum Gasteiger partial charge on any atom is 0.0476 e. The Bertz CT molecular complexity index is 368. The molecule has 0 amide bonds. The second-order valence-corrected chi connectivity index (χ2v) is 6.96. The van der Waals surface area contributed by atoms with Crippen molar-refractivity contribution in [2.75, 3.05) is 19.6 Å². The molecule has 0 radical (unpaired) electrons. The smallest absolute Gasteiger partial charge is 0.0476 e. The molecule has 2 aliphatic rings. The highest BCUT2D eigenvalue weighted by Crippen LogP contribution is 2.48. The molecule has 1 N–H and O–H groups in total. The maximum absolute atomic E-state index is 3.53. The van der Waals surface area contributed by atoms with Crippen molar-refractivity contribution in [2.24, 2.45) is 5.92 Å². The minimum atomic E-state index is 0.287. The first-order chi connectivity index (χ1) is 8.18. The highest BCUT2D eigenvalue weighted by atomic mass is 32.1. The van der Waals surface area contributed by atoms with E-state index in [1.165, 1.54) is 19.4 Å².